The predicted octanol–water partition coefficient (Wildman–Crippen LogP) is 3.38. The van der Waals surface area contributed by atoms with Gasteiger partial charge in [-0.05, 0) is 31.6 Å². The monoisotopic (exact) mass is 310 g/mol. The zero-order valence-electron chi connectivity index (χ0n) is 11.7. The van der Waals surface area contributed by atoms with Crippen molar-refractivity contribution in [1.29, 1.82) is 0 Å². The number of rotatable bonds is 5. The van der Waals surface area contributed by atoms with Crippen molar-refractivity contribution >= 4 is 29.1 Å². The lowest BCUT2D eigenvalue weighted by Gasteiger charge is -2.29. The third-order valence-corrected chi connectivity index (χ3v) is 4.86. The number of hydrogen-bond donors (Lipinski definition) is 2. The van der Waals surface area contributed by atoms with Gasteiger partial charge in [-0.3, -0.25) is 10.1 Å². The smallest absolute Gasteiger partial charge is 0.337 e. The third-order valence-electron chi connectivity index (χ3n) is 3.76. The van der Waals surface area contributed by atoms with Crippen LogP contribution in [0.15, 0.2) is 18.2 Å². The van der Waals surface area contributed by atoms with Gasteiger partial charge in [0.1, 0.15) is 0 Å². The van der Waals surface area contributed by atoms with E-state index < -0.39 is 10.9 Å². The van der Waals surface area contributed by atoms with Crippen LogP contribution in [0.1, 0.15) is 36.0 Å². The highest BCUT2D eigenvalue weighted by Gasteiger charge is 2.23. The summed E-state index contributed by atoms with van der Waals surface area (Å²) in [6.07, 6.45) is 6.23. The SMILES string of the molecule is CSC1CCCC(Nc2cc([N+](=O)[O-])ccc2C(=O)O)C1. The molecule has 2 N–H and O–H groups in total. The van der Waals surface area contributed by atoms with Crippen LogP contribution in [-0.2, 0) is 0 Å². The number of hydrogen-bond acceptors (Lipinski definition) is 5. The number of non-ortho nitro benzene ring substituents is 1. The molecule has 0 saturated heterocycles. The van der Waals surface area contributed by atoms with Crippen LogP contribution in [0.5, 0.6) is 0 Å². The first kappa shape index (κ1) is 15.6. The normalized spacial score (nSPS) is 21.8. The molecule has 0 bridgehead atoms. The standard InChI is InChI=1S/C14H18N2O4S/c1-21-11-4-2-3-9(7-11)15-13-8-10(16(19)20)5-6-12(13)14(17)18/h5-6,8-9,11,15H,2-4,7H2,1H3,(H,17,18). The summed E-state index contributed by atoms with van der Waals surface area (Å²) in [4.78, 5) is 21.6. The Morgan fingerprint density at radius 2 is 2.24 bits per heavy atom. The second-order valence-electron chi connectivity index (χ2n) is 5.16. The molecule has 0 aliphatic heterocycles. The molecule has 2 atom stereocenters. The van der Waals surface area contributed by atoms with Gasteiger partial charge in [0, 0.05) is 23.4 Å². The van der Waals surface area contributed by atoms with Gasteiger partial charge >= 0.3 is 5.97 Å². The minimum atomic E-state index is -1.08. The first-order valence-electron chi connectivity index (χ1n) is 6.82. The number of nitrogens with one attached hydrogen (secondary N) is 1. The molecule has 21 heavy (non-hydrogen) atoms. The number of carboxylic acids is 1. The Kier molecular flexibility index (Phi) is 5.06. The largest absolute Gasteiger partial charge is 0.478 e. The van der Waals surface area contributed by atoms with Crippen molar-refractivity contribution in [3.05, 3.63) is 33.9 Å². The maximum atomic E-state index is 11.3. The number of carboxylic acid groups (broad SMARTS) is 1. The quantitative estimate of drug-likeness (QED) is 0.640. The summed E-state index contributed by atoms with van der Waals surface area (Å²) in [6, 6.07) is 3.99. The van der Waals surface area contributed by atoms with Crippen molar-refractivity contribution in [2.24, 2.45) is 0 Å². The average molecular weight is 310 g/mol. The van der Waals surface area contributed by atoms with Crippen LogP contribution in [-0.4, -0.2) is 33.5 Å². The molecule has 1 aliphatic carbocycles. The van der Waals surface area contributed by atoms with Crippen molar-refractivity contribution in [2.45, 2.75) is 37.0 Å². The number of carbonyl (C=O) groups is 1. The number of anilines is 1. The lowest BCUT2D eigenvalue weighted by atomic mass is 9.94. The fourth-order valence-electron chi connectivity index (χ4n) is 2.66. The molecule has 2 unspecified atom stereocenters. The van der Waals surface area contributed by atoms with Gasteiger partial charge in [-0.15, -0.1) is 0 Å². The summed E-state index contributed by atoms with van der Waals surface area (Å²) >= 11 is 1.81. The predicted molar refractivity (Wildman–Crippen MR) is 83.2 cm³/mol. The molecule has 114 valence electrons. The van der Waals surface area contributed by atoms with Gasteiger partial charge < -0.3 is 10.4 Å². The van der Waals surface area contributed by atoms with Gasteiger partial charge in [0.15, 0.2) is 0 Å². The van der Waals surface area contributed by atoms with Crippen LogP contribution >= 0.6 is 11.8 Å². The summed E-state index contributed by atoms with van der Waals surface area (Å²) < 4.78 is 0. The molecule has 0 amide bonds. The van der Waals surface area contributed by atoms with Crippen LogP contribution in [0.4, 0.5) is 11.4 Å². The Balaban J connectivity index is 2.22. The number of nitrogens with zero attached hydrogens (tertiary/aromatic N) is 1. The molecule has 0 radical (unpaired) electrons. The second-order valence-corrected chi connectivity index (χ2v) is 6.30. The van der Waals surface area contributed by atoms with Gasteiger partial charge in [0.05, 0.1) is 16.2 Å². The average Bonchev–Trinajstić information content (AvgIpc) is 2.47. The van der Waals surface area contributed by atoms with Gasteiger partial charge in [-0.2, -0.15) is 11.8 Å². The van der Waals surface area contributed by atoms with E-state index in [0.717, 1.165) is 19.3 Å². The lowest BCUT2D eigenvalue weighted by molar-refractivity contribution is -0.384. The van der Waals surface area contributed by atoms with Gasteiger partial charge in [0.25, 0.3) is 5.69 Å². The van der Waals surface area contributed by atoms with E-state index in [1.807, 2.05) is 11.8 Å². The van der Waals surface area contributed by atoms with E-state index >= 15 is 0 Å². The Hall–Kier alpha value is -1.76. The molecule has 7 heteroatoms. The Bertz CT molecular complexity index is 550. The summed E-state index contributed by atoms with van der Waals surface area (Å²) in [5.41, 5.74) is 0.315. The minimum absolute atomic E-state index is 0.0758. The zero-order valence-corrected chi connectivity index (χ0v) is 12.6. The first-order valence-corrected chi connectivity index (χ1v) is 8.11. The highest BCUT2D eigenvalue weighted by molar-refractivity contribution is 7.99. The van der Waals surface area contributed by atoms with E-state index in [0.29, 0.717) is 10.9 Å². The zero-order chi connectivity index (χ0) is 15.4. The Morgan fingerprint density at radius 1 is 1.48 bits per heavy atom. The molecule has 0 aromatic heterocycles. The molecule has 6 nitrogen and oxygen atoms in total. The molecule has 1 aromatic carbocycles. The van der Waals surface area contributed by atoms with Crippen molar-refractivity contribution < 1.29 is 14.8 Å². The van der Waals surface area contributed by atoms with E-state index in [2.05, 4.69) is 11.6 Å². The van der Waals surface area contributed by atoms with Crippen molar-refractivity contribution in [2.75, 3.05) is 11.6 Å². The van der Waals surface area contributed by atoms with Crippen LogP contribution in [0.2, 0.25) is 0 Å². The molecule has 1 saturated carbocycles. The third kappa shape index (κ3) is 3.87. The number of aromatic carboxylic acids is 1. The van der Waals surface area contributed by atoms with Gasteiger partial charge in [0.2, 0.25) is 0 Å². The second kappa shape index (κ2) is 6.80. The number of thioether (sulfide) groups is 1. The molecule has 1 aliphatic rings. The Morgan fingerprint density at radius 3 is 2.86 bits per heavy atom. The van der Waals surface area contributed by atoms with Crippen LogP contribution in [0.3, 0.4) is 0 Å². The highest BCUT2D eigenvalue weighted by atomic mass is 32.2. The lowest BCUT2D eigenvalue weighted by Crippen LogP contribution is -2.29. The number of nitro benzene ring substituents is 1. The Labute approximate surface area is 127 Å². The molecule has 0 spiro atoms. The summed E-state index contributed by atoms with van der Waals surface area (Å²) in [7, 11) is 0. The fraction of sp³-hybridized carbons (Fsp3) is 0.500. The van der Waals surface area contributed by atoms with E-state index in [4.69, 9.17) is 0 Å². The number of nitro groups is 1. The molecule has 1 aromatic rings. The van der Waals surface area contributed by atoms with E-state index in [1.54, 1.807) is 0 Å². The van der Waals surface area contributed by atoms with Crippen LogP contribution < -0.4 is 5.32 Å². The van der Waals surface area contributed by atoms with E-state index in [9.17, 15) is 20.0 Å². The van der Waals surface area contributed by atoms with Gasteiger partial charge in [-0.1, -0.05) is 6.42 Å². The van der Waals surface area contributed by atoms with E-state index in [1.165, 1.54) is 24.6 Å². The minimum Gasteiger partial charge on any atom is -0.478 e. The number of benzene rings is 1. The summed E-state index contributed by atoms with van der Waals surface area (Å²) in [5, 5.41) is 23.8. The molecular weight excluding hydrogens is 292 g/mol. The van der Waals surface area contributed by atoms with Crippen LogP contribution in [0, 0.1) is 10.1 Å². The first-order chi connectivity index (χ1) is 10.0. The van der Waals surface area contributed by atoms with Crippen molar-refractivity contribution in [1.82, 2.24) is 0 Å². The van der Waals surface area contributed by atoms with Crippen LogP contribution in [0.25, 0.3) is 0 Å². The van der Waals surface area contributed by atoms with E-state index in [-0.39, 0.29) is 17.3 Å². The summed E-state index contributed by atoms with van der Waals surface area (Å²) in [6.45, 7) is 0. The molecular formula is C14H18N2O4S. The van der Waals surface area contributed by atoms with Crippen molar-refractivity contribution in [3.8, 4) is 0 Å². The topological polar surface area (TPSA) is 92.5 Å². The molecule has 0 heterocycles. The molecule has 1 fully saturated rings. The fourth-order valence-corrected chi connectivity index (χ4v) is 3.49. The summed E-state index contributed by atoms with van der Waals surface area (Å²) in [5.74, 6) is -1.08. The maximum absolute atomic E-state index is 11.3. The highest BCUT2D eigenvalue weighted by Crippen LogP contribution is 2.31. The van der Waals surface area contributed by atoms with Gasteiger partial charge in [-0.25, -0.2) is 4.79 Å². The molecule has 2 rings (SSSR count). The van der Waals surface area contributed by atoms with Crippen molar-refractivity contribution in [3.63, 3.8) is 0 Å². The maximum Gasteiger partial charge on any atom is 0.337 e.